The Morgan fingerprint density at radius 3 is 1.25 bits per heavy atom. The van der Waals surface area contributed by atoms with Gasteiger partial charge in [0.25, 0.3) is 0 Å². The monoisotopic (exact) mass is 725 g/mol. The highest BCUT2D eigenvalue weighted by molar-refractivity contribution is 5.69. The summed E-state index contributed by atoms with van der Waals surface area (Å²) < 4.78 is 6.06. The van der Waals surface area contributed by atoms with Crippen molar-refractivity contribution in [1.82, 2.24) is 0 Å². The van der Waals surface area contributed by atoms with Crippen molar-refractivity contribution in [2.75, 3.05) is 0 Å². The Hall–Kier alpha value is -2.36. The molecule has 0 bridgehead atoms. The lowest BCUT2D eigenvalue weighted by Gasteiger charge is -2.18. The molecule has 0 rings (SSSR count). The third-order valence-electron chi connectivity index (χ3n) is 9.75. The number of carbonyl (C=O) groups is 2. The minimum absolute atomic E-state index is 0.0201. The normalized spacial score (nSPS) is 12.8. The van der Waals surface area contributed by atoms with Crippen molar-refractivity contribution in [3.05, 3.63) is 60.8 Å². The molecule has 1 atom stereocenters. The van der Waals surface area contributed by atoms with Gasteiger partial charge in [0.1, 0.15) is 6.10 Å². The van der Waals surface area contributed by atoms with Crippen LogP contribution in [0.3, 0.4) is 0 Å². The van der Waals surface area contributed by atoms with Crippen molar-refractivity contribution in [2.24, 2.45) is 0 Å². The number of allylic oxidation sites excluding steroid dienone is 10. The van der Waals surface area contributed by atoms with Gasteiger partial charge in [0.05, 0.1) is 0 Å². The maximum atomic E-state index is 12.8. The number of esters is 1. The molecule has 0 saturated heterocycles. The van der Waals surface area contributed by atoms with Gasteiger partial charge >= 0.3 is 11.9 Å². The van der Waals surface area contributed by atoms with Crippen LogP contribution in [0.4, 0.5) is 0 Å². The molecule has 4 heteroatoms. The van der Waals surface area contributed by atoms with E-state index in [0.29, 0.717) is 12.8 Å². The lowest BCUT2D eigenvalue weighted by molar-refractivity contribution is -0.150. The number of hydrogen-bond donors (Lipinski definition) is 1. The van der Waals surface area contributed by atoms with Gasteiger partial charge in [-0.15, -0.1) is 0 Å². The van der Waals surface area contributed by atoms with Crippen LogP contribution in [0, 0.1) is 0 Å². The Kier molecular flexibility index (Phi) is 41.1. The molecule has 0 aromatic rings. The van der Waals surface area contributed by atoms with Crippen LogP contribution in [0.2, 0.25) is 0 Å². The average Bonchev–Trinajstić information content (AvgIpc) is 3.13. The van der Waals surface area contributed by atoms with Gasteiger partial charge in [0.15, 0.2) is 0 Å². The van der Waals surface area contributed by atoms with Gasteiger partial charge in [-0.3, -0.25) is 9.59 Å². The van der Waals surface area contributed by atoms with Crippen LogP contribution in [0.15, 0.2) is 60.8 Å². The molecule has 0 aliphatic carbocycles. The van der Waals surface area contributed by atoms with Gasteiger partial charge < -0.3 is 9.84 Å². The maximum absolute atomic E-state index is 12.8. The van der Waals surface area contributed by atoms with E-state index in [4.69, 9.17) is 9.84 Å². The first-order chi connectivity index (χ1) is 25.6. The molecule has 1 N–H and O–H groups in total. The van der Waals surface area contributed by atoms with Crippen LogP contribution in [-0.2, 0) is 14.3 Å². The summed E-state index contributed by atoms with van der Waals surface area (Å²) in [5.74, 6) is -0.656. The maximum Gasteiger partial charge on any atom is 0.306 e. The molecule has 0 aromatic carbocycles. The summed E-state index contributed by atoms with van der Waals surface area (Å²) in [6.45, 7) is 4.44. The van der Waals surface area contributed by atoms with Crippen molar-refractivity contribution < 1.29 is 19.4 Å². The molecule has 300 valence electrons. The van der Waals surface area contributed by atoms with E-state index in [-0.39, 0.29) is 12.1 Å². The van der Waals surface area contributed by atoms with Gasteiger partial charge in [-0.25, -0.2) is 0 Å². The number of hydrogen-bond acceptors (Lipinski definition) is 3. The van der Waals surface area contributed by atoms with Crippen molar-refractivity contribution in [3.8, 4) is 0 Å². The van der Waals surface area contributed by atoms with E-state index in [1.165, 1.54) is 109 Å². The highest BCUT2D eigenvalue weighted by Gasteiger charge is 2.14. The van der Waals surface area contributed by atoms with E-state index >= 15 is 0 Å². The smallest absolute Gasteiger partial charge is 0.306 e. The number of carboxylic acids is 1. The van der Waals surface area contributed by atoms with Crippen LogP contribution in [0.5, 0.6) is 0 Å². The second kappa shape index (κ2) is 43.0. The molecular weight excluding hydrogens is 641 g/mol. The SMILES string of the molecule is CC/C=C\C/C=C\C/C=C\C/C=C\C/C=C\CCCCCCCC(=O)OC(CCCCCCCCCC)CCCCCCCCCCCCC(=O)O. The topological polar surface area (TPSA) is 63.6 Å². The number of aliphatic carboxylic acids is 1. The predicted octanol–water partition coefficient (Wildman–Crippen LogP) is 15.7. The molecule has 0 amide bonds. The van der Waals surface area contributed by atoms with Gasteiger partial charge in [0.2, 0.25) is 0 Å². The minimum Gasteiger partial charge on any atom is -0.481 e. The standard InChI is InChI=1S/C48H84O4/c1-3-5-7-9-11-13-14-15-16-17-18-19-20-21-22-23-24-29-33-37-41-45-48(51)52-46(42-38-34-30-12-10-8-6-4-2)43-39-35-31-27-25-26-28-32-36-40-44-47(49)50/h5,7,11,13,15-16,18-19,21-22,46H,3-4,6,8-10,12,14,17,20,23-45H2,1-2H3,(H,49,50)/b7-5-,13-11-,16-15-,19-18-,22-21-. The van der Waals surface area contributed by atoms with E-state index in [0.717, 1.165) is 89.9 Å². The quantitative estimate of drug-likeness (QED) is 0.0388. The van der Waals surface area contributed by atoms with E-state index in [2.05, 4.69) is 74.6 Å². The van der Waals surface area contributed by atoms with E-state index in [1.54, 1.807) is 0 Å². The minimum atomic E-state index is -0.676. The summed E-state index contributed by atoms with van der Waals surface area (Å²) in [5, 5.41) is 8.73. The highest BCUT2D eigenvalue weighted by atomic mass is 16.5. The summed E-state index contributed by atoms with van der Waals surface area (Å²) in [6, 6.07) is 0. The average molecular weight is 725 g/mol. The Labute approximate surface area is 323 Å². The third kappa shape index (κ3) is 42.1. The number of unbranched alkanes of at least 4 members (excludes halogenated alkanes) is 21. The second-order valence-electron chi connectivity index (χ2n) is 14.9. The fourth-order valence-corrected chi connectivity index (χ4v) is 6.51. The zero-order valence-corrected chi connectivity index (χ0v) is 34.4. The Morgan fingerprint density at radius 2 is 0.808 bits per heavy atom. The zero-order valence-electron chi connectivity index (χ0n) is 34.4. The first kappa shape index (κ1) is 49.6. The van der Waals surface area contributed by atoms with Crippen LogP contribution < -0.4 is 0 Å². The van der Waals surface area contributed by atoms with E-state index in [9.17, 15) is 9.59 Å². The Balaban J connectivity index is 4.04. The first-order valence-electron chi connectivity index (χ1n) is 22.3. The molecule has 1 unspecified atom stereocenters. The largest absolute Gasteiger partial charge is 0.481 e. The fourth-order valence-electron chi connectivity index (χ4n) is 6.51. The summed E-state index contributed by atoms with van der Waals surface area (Å²) in [7, 11) is 0. The molecule has 0 heterocycles. The molecule has 0 saturated carbocycles. The fraction of sp³-hybridized carbons (Fsp3) is 0.750. The summed E-state index contributed by atoms with van der Waals surface area (Å²) in [4.78, 5) is 23.4. The number of rotatable bonds is 40. The molecule has 4 nitrogen and oxygen atoms in total. The first-order valence-corrected chi connectivity index (χ1v) is 22.3. The van der Waals surface area contributed by atoms with Crippen molar-refractivity contribution in [1.29, 1.82) is 0 Å². The summed E-state index contributed by atoms with van der Waals surface area (Å²) in [5.41, 5.74) is 0. The molecule has 0 radical (unpaired) electrons. The number of carboxylic acid groups (broad SMARTS) is 1. The molecule has 0 aliphatic heterocycles. The van der Waals surface area contributed by atoms with Gasteiger partial charge in [0, 0.05) is 12.8 Å². The van der Waals surface area contributed by atoms with Crippen LogP contribution >= 0.6 is 0 Å². The van der Waals surface area contributed by atoms with Gasteiger partial charge in [-0.05, 0) is 83.5 Å². The molecular formula is C48H84O4. The molecule has 52 heavy (non-hydrogen) atoms. The Bertz CT molecular complexity index is 911. The third-order valence-corrected chi connectivity index (χ3v) is 9.75. The van der Waals surface area contributed by atoms with Crippen molar-refractivity contribution in [3.63, 3.8) is 0 Å². The Morgan fingerprint density at radius 1 is 0.442 bits per heavy atom. The van der Waals surface area contributed by atoms with E-state index < -0.39 is 5.97 Å². The van der Waals surface area contributed by atoms with Gasteiger partial charge in [-0.2, -0.15) is 0 Å². The molecule has 0 fully saturated rings. The predicted molar refractivity (Wildman–Crippen MR) is 227 cm³/mol. The van der Waals surface area contributed by atoms with Crippen LogP contribution in [-0.4, -0.2) is 23.1 Å². The number of ether oxygens (including phenoxy) is 1. The summed E-state index contributed by atoms with van der Waals surface area (Å²) >= 11 is 0. The van der Waals surface area contributed by atoms with Crippen molar-refractivity contribution >= 4 is 11.9 Å². The van der Waals surface area contributed by atoms with Gasteiger partial charge in [-0.1, -0.05) is 190 Å². The lowest BCUT2D eigenvalue weighted by atomic mass is 10.0. The number of carbonyl (C=O) groups excluding carboxylic acids is 1. The zero-order chi connectivity index (χ0) is 37.8. The molecule has 0 spiro atoms. The van der Waals surface area contributed by atoms with Crippen molar-refractivity contribution in [2.45, 2.75) is 232 Å². The van der Waals surface area contributed by atoms with E-state index in [1.807, 2.05) is 0 Å². The summed E-state index contributed by atoms with van der Waals surface area (Å²) in [6.07, 6.45) is 59.7. The van der Waals surface area contributed by atoms with Crippen LogP contribution in [0.25, 0.3) is 0 Å². The molecule has 0 aliphatic rings. The lowest BCUT2D eigenvalue weighted by Crippen LogP contribution is -2.18. The highest BCUT2D eigenvalue weighted by Crippen LogP contribution is 2.19. The van der Waals surface area contributed by atoms with Crippen LogP contribution in [0.1, 0.15) is 226 Å². The molecule has 0 aromatic heterocycles. The second-order valence-corrected chi connectivity index (χ2v) is 14.9.